The van der Waals surface area contributed by atoms with Crippen LogP contribution in [0.5, 0.6) is 5.75 Å². The minimum atomic E-state index is -0.558. The van der Waals surface area contributed by atoms with Crippen molar-refractivity contribution in [3.05, 3.63) is 23.3 Å². The number of hydrogen-bond donors (Lipinski definition) is 1. The largest absolute Gasteiger partial charge is 0.494 e. The highest BCUT2D eigenvalue weighted by molar-refractivity contribution is 6.00. The molecule has 0 spiro atoms. The number of methoxy groups -OCH3 is 1. The molecule has 1 N–H and O–H groups in total. The van der Waals surface area contributed by atoms with Gasteiger partial charge >= 0.3 is 0 Å². The van der Waals surface area contributed by atoms with Crippen LogP contribution in [0, 0.1) is 19.3 Å². The van der Waals surface area contributed by atoms with Gasteiger partial charge in [-0.3, -0.25) is 4.79 Å². The van der Waals surface area contributed by atoms with Gasteiger partial charge in [-0.05, 0) is 43.9 Å². The predicted molar refractivity (Wildman–Crippen MR) is 74.6 cm³/mol. The second kappa shape index (κ2) is 4.85. The maximum atomic E-state index is 12.5. The van der Waals surface area contributed by atoms with Crippen LogP contribution in [0.2, 0.25) is 0 Å². The molecule has 19 heavy (non-hydrogen) atoms. The third-order valence-corrected chi connectivity index (χ3v) is 3.88. The van der Waals surface area contributed by atoms with E-state index >= 15 is 0 Å². The number of anilines is 1. The van der Waals surface area contributed by atoms with Crippen molar-refractivity contribution < 1.29 is 14.6 Å². The summed E-state index contributed by atoms with van der Waals surface area (Å²) < 4.78 is 5.41. The van der Waals surface area contributed by atoms with Crippen molar-refractivity contribution in [1.29, 1.82) is 0 Å². The van der Waals surface area contributed by atoms with E-state index in [-0.39, 0.29) is 12.5 Å². The van der Waals surface area contributed by atoms with E-state index in [0.29, 0.717) is 0 Å². The van der Waals surface area contributed by atoms with Gasteiger partial charge in [0.2, 0.25) is 5.91 Å². The van der Waals surface area contributed by atoms with E-state index in [1.54, 1.807) is 19.1 Å². The zero-order valence-electron chi connectivity index (χ0n) is 12.0. The summed E-state index contributed by atoms with van der Waals surface area (Å²) in [6.45, 7) is 3.88. The van der Waals surface area contributed by atoms with E-state index in [9.17, 15) is 9.90 Å². The Bertz CT molecular complexity index is 506. The molecule has 0 atom stereocenters. The van der Waals surface area contributed by atoms with E-state index in [2.05, 4.69) is 0 Å². The van der Waals surface area contributed by atoms with Crippen LogP contribution in [-0.2, 0) is 4.79 Å². The molecule has 0 saturated heterocycles. The lowest BCUT2D eigenvalue weighted by Crippen LogP contribution is -2.36. The number of carbonyl (C=O) groups excluding carboxylic acids is 1. The number of ether oxygens (including phenoxy) is 1. The third kappa shape index (κ3) is 2.32. The van der Waals surface area contributed by atoms with Crippen molar-refractivity contribution >= 4 is 11.6 Å². The molecule has 1 aliphatic carbocycles. The van der Waals surface area contributed by atoms with Crippen LogP contribution in [0.4, 0.5) is 5.69 Å². The van der Waals surface area contributed by atoms with Crippen LogP contribution >= 0.6 is 0 Å². The minimum absolute atomic E-state index is 0.0294. The highest BCUT2D eigenvalue weighted by Crippen LogP contribution is 2.48. The Hall–Kier alpha value is -1.55. The number of hydrogen-bond acceptors (Lipinski definition) is 3. The second-order valence-corrected chi connectivity index (χ2v) is 5.44. The summed E-state index contributed by atoms with van der Waals surface area (Å²) in [5.74, 6) is 0.688. The van der Waals surface area contributed by atoms with Gasteiger partial charge in [0, 0.05) is 7.05 Å². The van der Waals surface area contributed by atoms with Crippen LogP contribution in [0.1, 0.15) is 24.0 Å². The fraction of sp³-hybridized carbons (Fsp3) is 0.533. The Morgan fingerprint density at radius 3 is 2.53 bits per heavy atom. The molecule has 104 valence electrons. The molecule has 0 radical (unpaired) electrons. The number of benzene rings is 1. The maximum Gasteiger partial charge on any atom is 0.235 e. The van der Waals surface area contributed by atoms with Crippen molar-refractivity contribution in [3.8, 4) is 5.75 Å². The molecule has 4 nitrogen and oxygen atoms in total. The second-order valence-electron chi connectivity index (χ2n) is 5.44. The molecule has 2 rings (SSSR count). The number of rotatable bonds is 4. The molecule has 0 aliphatic heterocycles. The first kappa shape index (κ1) is 13.9. The number of aliphatic hydroxyl groups is 1. The van der Waals surface area contributed by atoms with Crippen LogP contribution < -0.4 is 9.64 Å². The molecule has 1 amide bonds. The first-order valence-corrected chi connectivity index (χ1v) is 6.49. The van der Waals surface area contributed by atoms with Crippen LogP contribution in [0.15, 0.2) is 12.1 Å². The van der Waals surface area contributed by atoms with Crippen LogP contribution in [-0.4, -0.2) is 31.8 Å². The van der Waals surface area contributed by atoms with E-state index in [0.717, 1.165) is 35.4 Å². The van der Waals surface area contributed by atoms with E-state index in [1.165, 1.54) is 0 Å². The lowest BCUT2D eigenvalue weighted by Gasteiger charge is -2.25. The quantitative estimate of drug-likeness (QED) is 0.904. The van der Waals surface area contributed by atoms with Gasteiger partial charge in [-0.1, -0.05) is 6.07 Å². The summed E-state index contributed by atoms with van der Waals surface area (Å²) in [5.41, 5.74) is 2.30. The number of amides is 1. The molecular weight excluding hydrogens is 242 g/mol. The first-order chi connectivity index (χ1) is 8.95. The minimum Gasteiger partial charge on any atom is -0.494 e. The van der Waals surface area contributed by atoms with Gasteiger partial charge in [-0.2, -0.15) is 0 Å². The van der Waals surface area contributed by atoms with Crippen molar-refractivity contribution in [2.75, 3.05) is 25.7 Å². The molecule has 1 aromatic rings. The molecule has 1 aromatic carbocycles. The van der Waals surface area contributed by atoms with E-state index < -0.39 is 5.41 Å². The average Bonchev–Trinajstić information content (AvgIpc) is 3.17. The summed E-state index contributed by atoms with van der Waals surface area (Å²) >= 11 is 0. The Morgan fingerprint density at radius 1 is 1.42 bits per heavy atom. The zero-order valence-corrected chi connectivity index (χ0v) is 12.0. The summed E-state index contributed by atoms with van der Waals surface area (Å²) in [6.07, 6.45) is 1.53. The highest BCUT2D eigenvalue weighted by atomic mass is 16.5. The SMILES string of the molecule is COc1c(C)cc(C)cc1N(C)C(=O)C1(CO)CC1. The highest BCUT2D eigenvalue weighted by Gasteiger charge is 2.51. The molecule has 0 heterocycles. The fourth-order valence-corrected chi connectivity index (χ4v) is 2.50. The summed E-state index contributed by atoms with van der Waals surface area (Å²) in [5, 5.41) is 9.38. The Labute approximate surface area is 114 Å². The van der Waals surface area contributed by atoms with E-state index in [4.69, 9.17) is 4.74 Å². The molecule has 1 aliphatic rings. The van der Waals surface area contributed by atoms with Crippen LogP contribution in [0.25, 0.3) is 0 Å². The molecule has 1 saturated carbocycles. The lowest BCUT2D eigenvalue weighted by atomic mass is 10.0. The molecular formula is C15H21NO3. The Kier molecular flexibility index (Phi) is 3.54. The smallest absolute Gasteiger partial charge is 0.235 e. The van der Waals surface area contributed by atoms with Crippen LogP contribution in [0.3, 0.4) is 0 Å². The van der Waals surface area contributed by atoms with Crippen molar-refractivity contribution in [1.82, 2.24) is 0 Å². The molecule has 0 unspecified atom stereocenters. The standard InChI is InChI=1S/C15H21NO3/c1-10-7-11(2)13(19-4)12(8-10)16(3)14(18)15(9-17)5-6-15/h7-8,17H,5-6,9H2,1-4H3. The fourth-order valence-electron chi connectivity index (χ4n) is 2.50. The molecule has 0 aromatic heterocycles. The summed E-state index contributed by atoms with van der Waals surface area (Å²) in [7, 11) is 3.35. The Morgan fingerprint density at radius 2 is 2.05 bits per heavy atom. The van der Waals surface area contributed by atoms with Crippen molar-refractivity contribution in [2.45, 2.75) is 26.7 Å². The average molecular weight is 263 g/mol. The zero-order chi connectivity index (χ0) is 14.2. The van der Waals surface area contributed by atoms with Crippen molar-refractivity contribution in [2.24, 2.45) is 5.41 Å². The molecule has 1 fully saturated rings. The van der Waals surface area contributed by atoms with Gasteiger partial charge < -0.3 is 14.7 Å². The number of carbonyl (C=O) groups is 1. The third-order valence-electron chi connectivity index (χ3n) is 3.88. The van der Waals surface area contributed by atoms with Gasteiger partial charge in [-0.15, -0.1) is 0 Å². The maximum absolute atomic E-state index is 12.5. The molecule has 0 bridgehead atoms. The van der Waals surface area contributed by atoms with Gasteiger partial charge in [0.05, 0.1) is 24.8 Å². The topological polar surface area (TPSA) is 49.8 Å². The van der Waals surface area contributed by atoms with Gasteiger partial charge in [0.25, 0.3) is 0 Å². The van der Waals surface area contributed by atoms with Gasteiger partial charge in [-0.25, -0.2) is 0 Å². The van der Waals surface area contributed by atoms with Gasteiger partial charge in [0.15, 0.2) is 0 Å². The van der Waals surface area contributed by atoms with Gasteiger partial charge in [0.1, 0.15) is 5.75 Å². The summed E-state index contributed by atoms with van der Waals surface area (Å²) in [6, 6.07) is 3.97. The molecule has 4 heteroatoms. The lowest BCUT2D eigenvalue weighted by molar-refractivity contribution is -0.124. The first-order valence-electron chi connectivity index (χ1n) is 6.49. The Balaban J connectivity index is 2.38. The normalized spacial score (nSPS) is 16.1. The predicted octanol–water partition coefficient (Wildman–Crippen LogP) is 2.05. The number of aliphatic hydroxyl groups excluding tert-OH is 1. The number of aryl methyl sites for hydroxylation is 2. The monoisotopic (exact) mass is 263 g/mol. The summed E-state index contributed by atoms with van der Waals surface area (Å²) in [4.78, 5) is 14.1. The van der Waals surface area contributed by atoms with E-state index in [1.807, 2.05) is 26.0 Å². The number of nitrogens with zero attached hydrogens (tertiary/aromatic N) is 1. The van der Waals surface area contributed by atoms with Crippen molar-refractivity contribution in [3.63, 3.8) is 0 Å².